The largest absolute Gasteiger partial charge is 0.390 e. The van der Waals surface area contributed by atoms with E-state index in [9.17, 15) is 5.11 Å². The van der Waals surface area contributed by atoms with Crippen LogP contribution in [-0.4, -0.2) is 10.7 Å². The molecule has 0 aromatic carbocycles. The molecule has 0 amide bonds. The molecule has 0 bridgehead atoms. The zero-order chi connectivity index (χ0) is 9.19. The molecule has 1 nitrogen and oxygen atoms in total. The molecule has 0 spiro atoms. The summed E-state index contributed by atoms with van der Waals surface area (Å²) in [6.45, 7) is 6.50. The summed E-state index contributed by atoms with van der Waals surface area (Å²) in [6.07, 6.45) is 5.94. The van der Waals surface area contributed by atoms with Gasteiger partial charge in [-0.25, -0.2) is 0 Å². The maximum absolute atomic E-state index is 10.1. The van der Waals surface area contributed by atoms with Gasteiger partial charge in [-0.2, -0.15) is 0 Å². The van der Waals surface area contributed by atoms with Crippen LogP contribution in [0.1, 0.15) is 52.9 Å². The van der Waals surface area contributed by atoms with E-state index < -0.39 is 0 Å². The van der Waals surface area contributed by atoms with E-state index in [4.69, 9.17) is 0 Å². The lowest BCUT2D eigenvalue weighted by molar-refractivity contribution is -0.0536. The Bertz CT molecular complexity index is 140. The molecule has 1 unspecified atom stereocenters. The zero-order valence-electron chi connectivity index (χ0n) is 8.64. The molecule has 3 atom stereocenters. The molecule has 1 saturated carbocycles. The lowest BCUT2D eigenvalue weighted by atomic mass is 9.70. The number of aliphatic hydroxyl groups is 1. The molecule has 1 rings (SSSR count). The quantitative estimate of drug-likeness (QED) is 0.675. The normalized spacial score (nSPS) is 39.5. The van der Waals surface area contributed by atoms with Gasteiger partial charge in [0.25, 0.3) is 0 Å². The van der Waals surface area contributed by atoms with E-state index in [-0.39, 0.29) is 5.60 Å². The van der Waals surface area contributed by atoms with Gasteiger partial charge in [-0.15, -0.1) is 0 Å². The minimum Gasteiger partial charge on any atom is -0.390 e. The van der Waals surface area contributed by atoms with E-state index in [2.05, 4.69) is 13.8 Å². The van der Waals surface area contributed by atoms with Gasteiger partial charge < -0.3 is 5.11 Å². The van der Waals surface area contributed by atoms with Crippen LogP contribution >= 0.6 is 0 Å². The van der Waals surface area contributed by atoms with Crippen molar-refractivity contribution in [2.24, 2.45) is 11.8 Å². The highest BCUT2D eigenvalue weighted by Crippen LogP contribution is 2.38. The molecule has 1 aliphatic rings. The lowest BCUT2D eigenvalue weighted by Gasteiger charge is -2.40. The zero-order valence-corrected chi connectivity index (χ0v) is 8.64. The van der Waals surface area contributed by atoms with Gasteiger partial charge in [0.05, 0.1) is 5.60 Å². The van der Waals surface area contributed by atoms with Crippen LogP contribution < -0.4 is 0 Å². The Morgan fingerprint density at radius 2 is 2.17 bits per heavy atom. The van der Waals surface area contributed by atoms with Crippen molar-refractivity contribution in [2.45, 2.75) is 58.5 Å². The second-order valence-corrected chi connectivity index (χ2v) is 4.59. The average molecular weight is 170 g/mol. The minimum atomic E-state index is -0.381. The van der Waals surface area contributed by atoms with E-state index in [0.29, 0.717) is 11.8 Å². The van der Waals surface area contributed by atoms with Gasteiger partial charge in [0.1, 0.15) is 0 Å². The van der Waals surface area contributed by atoms with E-state index in [1.165, 1.54) is 25.7 Å². The van der Waals surface area contributed by atoms with Crippen LogP contribution in [0.4, 0.5) is 0 Å². The predicted molar refractivity (Wildman–Crippen MR) is 52.0 cm³/mol. The van der Waals surface area contributed by atoms with Gasteiger partial charge in [-0.3, -0.25) is 0 Å². The third-order valence-corrected chi connectivity index (χ3v) is 3.58. The van der Waals surface area contributed by atoms with Crippen LogP contribution in [0.5, 0.6) is 0 Å². The van der Waals surface area contributed by atoms with Gasteiger partial charge in [-0.05, 0) is 31.6 Å². The summed E-state index contributed by atoms with van der Waals surface area (Å²) in [6, 6.07) is 0. The molecule has 12 heavy (non-hydrogen) atoms. The summed E-state index contributed by atoms with van der Waals surface area (Å²) < 4.78 is 0. The first-order valence-corrected chi connectivity index (χ1v) is 5.30. The van der Waals surface area contributed by atoms with Gasteiger partial charge in [-0.1, -0.05) is 33.1 Å². The first kappa shape index (κ1) is 10.0. The highest BCUT2D eigenvalue weighted by Gasteiger charge is 2.36. The highest BCUT2D eigenvalue weighted by atomic mass is 16.3. The molecule has 1 N–H and O–H groups in total. The fourth-order valence-corrected chi connectivity index (χ4v) is 2.53. The summed E-state index contributed by atoms with van der Waals surface area (Å²) in [7, 11) is 0. The summed E-state index contributed by atoms with van der Waals surface area (Å²) in [5.74, 6) is 1.22. The molecule has 0 aliphatic heterocycles. The monoisotopic (exact) mass is 170 g/mol. The van der Waals surface area contributed by atoms with E-state index in [0.717, 1.165) is 6.42 Å². The van der Waals surface area contributed by atoms with Crippen molar-refractivity contribution in [2.75, 3.05) is 0 Å². The minimum absolute atomic E-state index is 0.381. The Kier molecular flexibility index (Phi) is 3.16. The number of hydrogen-bond acceptors (Lipinski definition) is 1. The Balaban J connectivity index is 2.59. The molecular weight excluding hydrogens is 148 g/mol. The second kappa shape index (κ2) is 3.78. The van der Waals surface area contributed by atoms with Crippen molar-refractivity contribution in [1.29, 1.82) is 0 Å². The molecule has 1 fully saturated rings. The van der Waals surface area contributed by atoms with Crippen molar-refractivity contribution in [3.05, 3.63) is 0 Å². The summed E-state index contributed by atoms with van der Waals surface area (Å²) in [5, 5.41) is 10.1. The lowest BCUT2D eigenvalue weighted by Crippen LogP contribution is -2.40. The van der Waals surface area contributed by atoms with Crippen LogP contribution in [-0.2, 0) is 0 Å². The van der Waals surface area contributed by atoms with E-state index in [1.807, 2.05) is 6.92 Å². The smallest absolute Gasteiger partial charge is 0.0650 e. The van der Waals surface area contributed by atoms with E-state index in [1.54, 1.807) is 0 Å². The van der Waals surface area contributed by atoms with Crippen molar-refractivity contribution < 1.29 is 5.11 Å². The van der Waals surface area contributed by atoms with Crippen molar-refractivity contribution in [1.82, 2.24) is 0 Å². The topological polar surface area (TPSA) is 20.2 Å². The second-order valence-electron chi connectivity index (χ2n) is 4.59. The van der Waals surface area contributed by atoms with E-state index >= 15 is 0 Å². The van der Waals surface area contributed by atoms with Crippen molar-refractivity contribution >= 4 is 0 Å². The maximum atomic E-state index is 10.1. The fourth-order valence-electron chi connectivity index (χ4n) is 2.53. The molecule has 1 aliphatic carbocycles. The van der Waals surface area contributed by atoms with Crippen molar-refractivity contribution in [3.63, 3.8) is 0 Å². The fraction of sp³-hybridized carbons (Fsp3) is 1.00. The first-order chi connectivity index (χ1) is 5.58. The molecule has 0 aromatic heterocycles. The van der Waals surface area contributed by atoms with Gasteiger partial charge in [0, 0.05) is 0 Å². The highest BCUT2D eigenvalue weighted by molar-refractivity contribution is 4.88. The third kappa shape index (κ3) is 2.01. The molecule has 0 saturated heterocycles. The Morgan fingerprint density at radius 1 is 1.50 bits per heavy atom. The molecule has 0 heterocycles. The molecule has 72 valence electrons. The van der Waals surface area contributed by atoms with Crippen LogP contribution in [0, 0.1) is 11.8 Å². The molecular formula is C11H22O. The Hall–Kier alpha value is -0.0400. The van der Waals surface area contributed by atoms with Gasteiger partial charge in [0.15, 0.2) is 0 Å². The molecule has 0 radical (unpaired) electrons. The number of rotatable bonds is 2. The van der Waals surface area contributed by atoms with Crippen molar-refractivity contribution in [3.8, 4) is 0 Å². The average Bonchev–Trinajstić information content (AvgIpc) is 2.02. The third-order valence-electron chi connectivity index (χ3n) is 3.58. The molecule has 0 aromatic rings. The van der Waals surface area contributed by atoms with Crippen LogP contribution in [0.2, 0.25) is 0 Å². The van der Waals surface area contributed by atoms with Gasteiger partial charge >= 0.3 is 0 Å². The van der Waals surface area contributed by atoms with Gasteiger partial charge in [0.2, 0.25) is 0 Å². The Morgan fingerprint density at radius 3 is 2.67 bits per heavy atom. The van der Waals surface area contributed by atoms with Crippen LogP contribution in [0.15, 0.2) is 0 Å². The molecule has 1 heteroatoms. The summed E-state index contributed by atoms with van der Waals surface area (Å²) in [5.41, 5.74) is -0.381. The SMILES string of the molecule is CCC(C)[C@H]1CCCC[C@]1(C)O. The summed E-state index contributed by atoms with van der Waals surface area (Å²) >= 11 is 0. The predicted octanol–water partition coefficient (Wildman–Crippen LogP) is 2.97. The summed E-state index contributed by atoms with van der Waals surface area (Å²) in [4.78, 5) is 0. The standard InChI is InChI=1S/C11H22O/c1-4-9(2)10-7-5-6-8-11(10,3)12/h9-10,12H,4-8H2,1-3H3/t9?,10-,11+/m1/s1. The first-order valence-electron chi connectivity index (χ1n) is 5.30. The van der Waals surface area contributed by atoms with Crippen LogP contribution in [0.25, 0.3) is 0 Å². The Labute approximate surface area is 76.2 Å². The maximum Gasteiger partial charge on any atom is 0.0650 e. The number of hydrogen-bond donors (Lipinski definition) is 1. The van der Waals surface area contributed by atoms with Crippen LogP contribution in [0.3, 0.4) is 0 Å².